The maximum Gasteiger partial charge on any atom is 0.170 e. The van der Waals surface area contributed by atoms with Gasteiger partial charge in [0.15, 0.2) is 11.4 Å². The van der Waals surface area contributed by atoms with Crippen LogP contribution in [0, 0.1) is 9.39 Å². The lowest BCUT2D eigenvalue weighted by Crippen LogP contribution is -2.21. The molecule has 1 N–H and O–H groups in total. The van der Waals surface area contributed by atoms with Crippen molar-refractivity contribution in [3.63, 3.8) is 0 Å². The summed E-state index contributed by atoms with van der Waals surface area (Å²) in [5.41, 5.74) is -0.416. The molecule has 0 spiro atoms. The molecule has 0 fully saturated rings. The van der Waals surface area contributed by atoms with Crippen LogP contribution >= 0.6 is 22.6 Å². The third kappa shape index (κ3) is 2.23. The summed E-state index contributed by atoms with van der Waals surface area (Å²) in [6.07, 6.45) is 0. The van der Waals surface area contributed by atoms with Crippen LogP contribution in [-0.2, 0) is 5.60 Å². The SMILES string of the molecule is CC(O)(c1ccc(I)cc1)c1cc2cccc(F)c2o1. The highest BCUT2D eigenvalue weighted by atomic mass is 127. The van der Waals surface area contributed by atoms with Gasteiger partial charge < -0.3 is 9.52 Å². The van der Waals surface area contributed by atoms with Gasteiger partial charge >= 0.3 is 0 Å². The lowest BCUT2D eigenvalue weighted by Gasteiger charge is -2.21. The molecule has 0 saturated heterocycles. The Morgan fingerprint density at radius 3 is 2.50 bits per heavy atom. The van der Waals surface area contributed by atoms with Gasteiger partial charge in [-0.3, -0.25) is 0 Å². The van der Waals surface area contributed by atoms with E-state index in [9.17, 15) is 9.50 Å². The van der Waals surface area contributed by atoms with Crippen molar-refractivity contribution in [1.29, 1.82) is 0 Å². The maximum absolute atomic E-state index is 13.7. The summed E-state index contributed by atoms with van der Waals surface area (Å²) in [5.74, 6) is -0.0917. The second kappa shape index (κ2) is 4.86. The summed E-state index contributed by atoms with van der Waals surface area (Å²) in [4.78, 5) is 0. The predicted molar refractivity (Wildman–Crippen MR) is 84.0 cm³/mol. The summed E-state index contributed by atoms with van der Waals surface area (Å²) in [6.45, 7) is 1.64. The number of aliphatic hydroxyl groups is 1. The van der Waals surface area contributed by atoms with Crippen molar-refractivity contribution in [3.8, 4) is 0 Å². The highest BCUT2D eigenvalue weighted by molar-refractivity contribution is 14.1. The fourth-order valence-electron chi connectivity index (χ4n) is 2.18. The molecular formula is C16H12FIO2. The van der Waals surface area contributed by atoms with Crippen LogP contribution in [0.2, 0.25) is 0 Å². The first kappa shape index (κ1) is 13.6. The minimum absolute atomic E-state index is 0.174. The zero-order valence-electron chi connectivity index (χ0n) is 10.7. The summed E-state index contributed by atoms with van der Waals surface area (Å²) in [6, 6.07) is 13.9. The van der Waals surface area contributed by atoms with E-state index in [0.29, 0.717) is 16.7 Å². The van der Waals surface area contributed by atoms with Crippen LogP contribution in [0.4, 0.5) is 4.39 Å². The molecule has 1 aromatic heterocycles. The van der Waals surface area contributed by atoms with E-state index in [1.54, 1.807) is 25.1 Å². The van der Waals surface area contributed by atoms with Crippen LogP contribution < -0.4 is 0 Å². The molecular weight excluding hydrogens is 370 g/mol. The van der Waals surface area contributed by atoms with E-state index in [2.05, 4.69) is 22.6 Å². The van der Waals surface area contributed by atoms with Crippen molar-refractivity contribution in [2.75, 3.05) is 0 Å². The first-order valence-electron chi connectivity index (χ1n) is 6.15. The third-order valence-corrected chi connectivity index (χ3v) is 4.10. The molecule has 3 rings (SSSR count). The highest BCUT2D eigenvalue weighted by Crippen LogP contribution is 2.34. The number of halogens is 2. The van der Waals surface area contributed by atoms with Crippen LogP contribution in [-0.4, -0.2) is 5.11 Å². The third-order valence-electron chi connectivity index (χ3n) is 3.38. The Balaban J connectivity index is 2.13. The molecule has 0 aliphatic carbocycles. The van der Waals surface area contributed by atoms with E-state index >= 15 is 0 Å². The summed E-state index contributed by atoms with van der Waals surface area (Å²) in [7, 11) is 0. The molecule has 0 radical (unpaired) electrons. The van der Waals surface area contributed by atoms with Gasteiger partial charge in [0.25, 0.3) is 0 Å². The molecule has 0 aliphatic heterocycles. The van der Waals surface area contributed by atoms with Crippen LogP contribution in [0.15, 0.2) is 52.9 Å². The Morgan fingerprint density at radius 2 is 1.85 bits per heavy atom. The van der Waals surface area contributed by atoms with Gasteiger partial charge in [0.1, 0.15) is 11.4 Å². The van der Waals surface area contributed by atoms with Gasteiger partial charge in [-0.05, 0) is 59.3 Å². The van der Waals surface area contributed by atoms with Gasteiger partial charge in [0, 0.05) is 8.96 Å². The molecule has 3 aromatic rings. The Bertz CT molecular complexity index is 760. The molecule has 1 unspecified atom stereocenters. The van der Waals surface area contributed by atoms with E-state index in [1.165, 1.54) is 6.07 Å². The number of hydrogen-bond donors (Lipinski definition) is 1. The molecule has 20 heavy (non-hydrogen) atoms. The summed E-state index contributed by atoms with van der Waals surface area (Å²) < 4.78 is 20.3. The molecule has 0 bridgehead atoms. The summed E-state index contributed by atoms with van der Waals surface area (Å²) >= 11 is 2.20. The Kier molecular flexibility index (Phi) is 3.30. The van der Waals surface area contributed by atoms with E-state index in [-0.39, 0.29) is 5.58 Å². The number of rotatable bonds is 2. The van der Waals surface area contributed by atoms with E-state index in [0.717, 1.165) is 3.57 Å². The number of benzene rings is 2. The van der Waals surface area contributed by atoms with Gasteiger partial charge in [-0.2, -0.15) is 0 Å². The summed E-state index contributed by atoms with van der Waals surface area (Å²) in [5, 5.41) is 11.4. The maximum atomic E-state index is 13.7. The monoisotopic (exact) mass is 382 g/mol. The average molecular weight is 382 g/mol. The van der Waals surface area contributed by atoms with E-state index < -0.39 is 11.4 Å². The normalized spacial score (nSPS) is 14.4. The molecule has 0 saturated carbocycles. The highest BCUT2D eigenvalue weighted by Gasteiger charge is 2.30. The minimum Gasteiger partial charge on any atom is -0.455 e. The average Bonchev–Trinajstić information content (AvgIpc) is 2.85. The van der Waals surface area contributed by atoms with Crippen molar-refractivity contribution >= 4 is 33.6 Å². The standard InChI is InChI=1S/C16H12FIO2/c1-16(19,11-5-7-12(18)8-6-11)14-9-10-3-2-4-13(17)15(10)20-14/h2-9,19H,1H3. The van der Waals surface area contributed by atoms with Gasteiger partial charge in [-0.15, -0.1) is 0 Å². The Labute approximate surface area is 129 Å². The number of hydrogen-bond acceptors (Lipinski definition) is 2. The van der Waals surface area contributed by atoms with Gasteiger partial charge in [-0.1, -0.05) is 24.3 Å². The van der Waals surface area contributed by atoms with Crippen LogP contribution in [0.1, 0.15) is 18.2 Å². The molecule has 2 aromatic carbocycles. The fourth-order valence-corrected chi connectivity index (χ4v) is 2.54. The Morgan fingerprint density at radius 1 is 1.15 bits per heavy atom. The quantitative estimate of drug-likeness (QED) is 0.666. The van der Waals surface area contributed by atoms with Gasteiger partial charge in [0.2, 0.25) is 0 Å². The number of para-hydroxylation sites is 1. The molecule has 0 aliphatic rings. The minimum atomic E-state index is -1.30. The Hall–Kier alpha value is -1.40. The number of fused-ring (bicyclic) bond motifs is 1. The van der Waals surface area contributed by atoms with E-state index in [4.69, 9.17) is 4.42 Å². The van der Waals surface area contributed by atoms with Crippen molar-refractivity contribution in [3.05, 3.63) is 69.2 Å². The van der Waals surface area contributed by atoms with Crippen LogP contribution in [0.3, 0.4) is 0 Å². The first-order valence-corrected chi connectivity index (χ1v) is 7.23. The topological polar surface area (TPSA) is 33.4 Å². The van der Waals surface area contributed by atoms with Gasteiger partial charge in [-0.25, -0.2) is 4.39 Å². The van der Waals surface area contributed by atoms with Crippen molar-refractivity contribution in [2.45, 2.75) is 12.5 Å². The molecule has 0 amide bonds. The smallest absolute Gasteiger partial charge is 0.170 e. The zero-order valence-corrected chi connectivity index (χ0v) is 12.9. The number of furan rings is 1. The zero-order chi connectivity index (χ0) is 14.3. The second-order valence-corrected chi connectivity index (χ2v) is 6.09. The van der Waals surface area contributed by atoms with Crippen molar-refractivity contribution in [1.82, 2.24) is 0 Å². The van der Waals surface area contributed by atoms with Gasteiger partial charge in [0.05, 0.1) is 0 Å². The van der Waals surface area contributed by atoms with Crippen LogP contribution in [0.25, 0.3) is 11.0 Å². The molecule has 2 nitrogen and oxygen atoms in total. The fraction of sp³-hybridized carbons (Fsp3) is 0.125. The lowest BCUT2D eigenvalue weighted by molar-refractivity contribution is 0.0784. The largest absolute Gasteiger partial charge is 0.455 e. The van der Waals surface area contributed by atoms with Crippen molar-refractivity contribution in [2.24, 2.45) is 0 Å². The van der Waals surface area contributed by atoms with E-state index in [1.807, 2.05) is 24.3 Å². The van der Waals surface area contributed by atoms with Crippen molar-refractivity contribution < 1.29 is 13.9 Å². The lowest BCUT2D eigenvalue weighted by atomic mass is 9.93. The van der Waals surface area contributed by atoms with Crippen LogP contribution in [0.5, 0.6) is 0 Å². The first-order chi connectivity index (χ1) is 9.48. The molecule has 4 heteroatoms. The molecule has 1 heterocycles. The molecule has 102 valence electrons. The second-order valence-electron chi connectivity index (χ2n) is 4.85. The molecule has 1 atom stereocenters. The predicted octanol–water partition coefficient (Wildman–Crippen LogP) is 4.43.